The Morgan fingerprint density at radius 2 is 1.80 bits per heavy atom. The van der Waals surface area contributed by atoms with Crippen LogP contribution < -0.4 is 10.6 Å². The number of halogens is 4. The summed E-state index contributed by atoms with van der Waals surface area (Å²) in [4.78, 5) is 22.6. The highest BCUT2D eigenvalue weighted by atomic mass is 35.5. The van der Waals surface area contributed by atoms with Crippen molar-refractivity contribution in [2.75, 3.05) is 18.0 Å². The average Bonchev–Trinajstić information content (AvgIpc) is 3.22. The topological polar surface area (TPSA) is 68.8 Å². The van der Waals surface area contributed by atoms with E-state index >= 15 is 0 Å². The molecule has 0 unspecified atom stereocenters. The lowest BCUT2D eigenvalue weighted by Gasteiger charge is -2.32. The molecule has 158 valence electrons. The van der Waals surface area contributed by atoms with Gasteiger partial charge in [-0.05, 0) is 36.6 Å². The standard InChI is InChI=1S/C19H18ClF3N6O/c20-14-3-1-13(2-4-14)11-28-12-24-17(25-18(28)30)27-8-5-15(6-9-27)29-10-7-16(26-29)19(21,22)23/h1-4,7,10,12,15H,5-6,8-9,11H2. The Hall–Kier alpha value is -2.88. The molecule has 3 heterocycles. The lowest BCUT2D eigenvalue weighted by atomic mass is 10.1. The van der Waals surface area contributed by atoms with E-state index < -0.39 is 17.6 Å². The van der Waals surface area contributed by atoms with Crippen LogP contribution in [0.1, 0.15) is 30.1 Å². The molecule has 11 heteroatoms. The first-order valence-electron chi connectivity index (χ1n) is 9.35. The van der Waals surface area contributed by atoms with Gasteiger partial charge in [0.25, 0.3) is 0 Å². The van der Waals surface area contributed by atoms with Crippen LogP contribution in [0.15, 0.2) is 47.7 Å². The monoisotopic (exact) mass is 438 g/mol. The summed E-state index contributed by atoms with van der Waals surface area (Å²) in [6.07, 6.45) is -0.478. The third-order valence-corrected chi connectivity index (χ3v) is 5.29. The molecular weight excluding hydrogens is 421 g/mol. The van der Waals surface area contributed by atoms with E-state index in [9.17, 15) is 18.0 Å². The zero-order valence-corrected chi connectivity index (χ0v) is 16.5. The van der Waals surface area contributed by atoms with Crippen molar-refractivity contribution in [3.63, 3.8) is 0 Å². The van der Waals surface area contributed by atoms with E-state index in [1.54, 1.807) is 12.1 Å². The predicted octanol–water partition coefficient (Wildman–Crippen LogP) is 3.40. The molecule has 30 heavy (non-hydrogen) atoms. The normalized spacial score (nSPS) is 15.5. The summed E-state index contributed by atoms with van der Waals surface area (Å²) < 4.78 is 41.0. The van der Waals surface area contributed by atoms with E-state index in [-0.39, 0.29) is 6.04 Å². The Balaban J connectivity index is 1.40. The molecule has 3 aromatic rings. The molecule has 1 aromatic carbocycles. The van der Waals surface area contributed by atoms with Crippen molar-refractivity contribution in [3.05, 3.63) is 69.6 Å². The van der Waals surface area contributed by atoms with Gasteiger partial charge in [0.2, 0.25) is 5.95 Å². The van der Waals surface area contributed by atoms with Gasteiger partial charge in [-0.15, -0.1) is 0 Å². The van der Waals surface area contributed by atoms with Gasteiger partial charge in [-0.3, -0.25) is 9.25 Å². The first kappa shape index (κ1) is 20.4. The Bertz CT molecular complexity index is 1070. The fourth-order valence-electron chi connectivity index (χ4n) is 3.42. The predicted molar refractivity (Wildman–Crippen MR) is 105 cm³/mol. The smallest absolute Gasteiger partial charge is 0.340 e. The summed E-state index contributed by atoms with van der Waals surface area (Å²) in [7, 11) is 0. The Morgan fingerprint density at radius 1 is 1.10 bits per heavy atom. The summed E-state index contributed by atoms with van der Waals surface area (Å²) in [5.41, 5.74) is -0.410. The quantitative estimate of drug-likeness (QED) is 0.624. The van der Waals surface area contributed by atoms with Crippen molar-refractivity contribution < 1.29 is 13.2 Å². The summed E-state index contributed by atoms with van der Waals surface area (Å²) in [5.74, 6) is 0.322. The molecular formula is C19H18ClF3N6O. The van der Waals surface area contributed by atoms with Crippen molar-refractivity contribution in [2.24, 2.45) is 0 Å². The number of hydrogen-bond donors (Lipinski definition) is 0. The van der Waals surface area contributed by atoms with Gasteiger partial charge < -0.3 is 4.90 Å². The zero-order valence-electron chi connectivity index (χ0n) is 15.8. The minimum absolute atomic E-state index is 0.136. The van der Waals surface area contributed by atoms with E-state index in [1.807, 2.05) is 17.0 Å². The molecule has 0 N–H and O–H groups in total. The van der Waals surface area contributed by atoms with E-state index in [2.05, 4.69) is 15.1 Å². The number of piperidine rings is 1. The number of aromatic nitrogens is 5. The minimum Gasteiger partial charge on any atom is -0.340 e. The Labute approximate surface area is 174 Å². The number of anilines is 1. The van der Waals surface area contributed by atoms with Crippen molar-refractivity contribution in [2.45, 2.75) is 31.6 Å². The van der Waals surface area contributed by atoms with Gasteiger partial charge in [0, 0.05) is 24.3 Å². The molecule has 1 fully saturated rings. The van der Waals surface area contributed by atoms with Crippen LogP contribution in [-0.4, -0.2) is 37.4 Å². The van der Waals surface area contributed by atoms with Crippen molar-refractivity contribution in [1.82, 2.24) is 24.3 Å². The van der Waals surface area contributed by atoms with Crippen LogP contribution in [0.5, 0.6) is 0 Å². The number of hydrogen-bond acceptors (Lipinski definition) is 5. The number of alkyl halides is 3. The van der Waals surface area contributed by atoms with E-state index in [0.717, 1.165) is 11.6 Å². The van der Waals surface area contributed by atoms with Gasteiger partial charge >= 0.3 is 11.9 Å². The summed E-state index contributed by atoms with van der Waals surface area (Å²) >= 11 is 5.87. The molecule has 0 aliphatic carbocycles. The number of rotatable bonds is 4. The number of nitrogens with zero attached hydrogens (tertiary/aromatic N) is 6. The van der Waals surface area contributed by atoms with Crippen molar-refractivity contribution in [3.8, 4) is 0 Å². The SMILES string of the molecule is O=c1nc(N2CCC(n3ccc(C(F)(F)F)n3)CC2)ncn1Cc1ccc(Cl)cc1. The molecule has 0 bridgehead atoms. The molecule has 2 aromatic heterocycles. The Morgan fingerprint density at radius 3 is 2.40 bits per heavy atom. The van der Waals surface area contributed by atoms with Gasteiger partial charge in [0.1, 0.15) is 6.33 Å². The maximum absolute atomic E-state index is 12.7. The first-order valence-corrected chi connectivity index (χ1v) is 9.72. The molecule has 0 amide bonds. The molecule has 1 aliphatic rings. The van der Waals surface area contributed by atoms with Gasteiger partial charge in [-0.25, -0.2) is 9.78 Å². The van der Waals surface area contributed by atoms with Crippen LogP contribution >= 0.6 is 11.6 Å². The molecule has 0 spiro atoms. The molecule has 7 nitrogen and oxygen atoms in total. The third-order valence-electron chi connectivity index (χ3n) is 5.04. The van der Waals surface area contributed by atoms with Crippen LogP contribution in [0.25, 0.3) is 0 Å². The van der Waals surface area contributed by atoms with Gasteiger partial charge in [0.15, 0.2) is 5.69 Å². The zero-order chi connectivity index (χ0) is 21.3. The maximum Gasteiger partial charge on any atom is 0.435 e. The summed E-state index contributed by atoms with van der Waals surface area (Å²) in [6.45, 7) is 1.37. The van der Waals surface area contributed by atoms with E-state index in [4.69, 9.17) is 11.6 Å². The fraction of sp³-hybridized carbons (Fsp3) is 0.368. The highest BCUT2D eigenvalue weighted by Gasteiger charge is 2.34. The molecule has 0 saturated carbocycles. The van der Waals surface area contributed by atoms with Crippen LogP contribution in [0, 0.1) is 0 Å². The molecule has 4 rings (SSSR count). The highest BCUT2D eigenvalue weighted by molar-refractivity contribution is 6.30. The summed E-state index contributed by atoms with van der Waals surface area (Å²) in [6, 6.07) is 8.00. The van der Waals surface area contributed by atoms with E-state index in [1.165, 1.54) is 21.8 Å². The van der Waals surface area contributed by atoms with E-state index in [0.29, 0.717) is 43.4 Å². The average molecular weight is 439 g/mol. The molecule has 0 radical (unpaired) electrons. The van der Waals surface area contributed by atoms with Crippen LogP contribution in [-0.2, 0) is 12.7 Å². The van der Waals surface area contributed by atoms with Crippen molar-refractivity contribution in [1.29, 1.82) is 0 Å². The van der Waals surface area contributed by atoms with Crippen LogP contribution in [0.3, 0.4) is 0 Å². The van der Waals surface area contributed by atoms with Crippen molar-refractivity contribution >= 4 is 17.5 Å². The van der Waals surface area contributed by atoms with Crippen LogP contribution in [0.4, 0.5) is 19.1 Å². The molecule has 1 saturated heterocycles. The Kier molecular flexibility index (Phi) is 5.50. The maximum atomic E-state index is 12.7. The highest BCUT2D eigenvalue weighted by Crippen LogP contribution is 2.30. The fourth-order valence-corrected chi connectivity index (χ4v) is 3.55. The minimum atomic E-state index is -4.45. The third kappa shape index (κ3) is 4.48. The lowest BCUT2D eigenvalue weighted by Crippen LogP contribution is -2.38. The largest absolute Gasteiger partial charge is 0.435 e. The second-order valence-corrected chi connectivity index (χ2v) is 7.53. The van der Waals surface area contributed by atoms with Gasteiger partial charge in [-0.2, -0.15) is 23.3 Å². The second-order valence-electron chi connectivity index (χ2n) is 7.09. The lowest BCUT2D eigenvalue weighted by molar-refractivity contribution is -0.141. The first-order chi connectivity index (χ1) is 14.3. The molecule has 0 atom stereocenters. The second kappa shape index (κ2) is 8.10. The summed E-state index contributed by atoms with van der Waals surface area (Å²) in [5, 5.41) is 4.27. The van der Waals surface area contributed by atoms with Gasteiger partial charge in [0.05, 0.1) is 12.6 Å². The number of benzene rings is 1. The van der Waals surface area contributed by atoms with Crippen LogP contribution in [0.2, 0.25) is 5.02 Å². The van der Waals surface area contributed by atoms with Gasteiger partial charge in [-0.1, -0.05) is 23.7 Å². The molecule has 1 aliphatic heterocycles.